The van der Waals surface area contributed by atoms with Gasteiger partial charge in [-0.2, -0.15) is 0 Å². The van der Waals surface area contributed by atoms with Crippen molar-refractivity contribution in [1.29, 1.82) is 0 Å². The van der Waals surface area contributed by atoms with Gasteiger partial charge in [-0.05, 0) is 31.4 Å². The van der Waals surface area contributed by atoms with E-state index in [9.17, 15) is 14.4 Å². The molecular weight excluding hydrogens is 274 g/mol. The molecule has 2 N–H and O–H groups in total. The molecule has 0 aliphatic heterocycles. The van der Waals surface area contributed by atoms with Crippen LogP contribution in [0.2, 0.25) is 0 Å². The van der Waals surface area contributed by atoms with Crippen LogP contribution in [-0.2, 0) is 14.3 Å². The average Bonchev–Trinajstić information content (AvgIpc) is 2.42. The van der Waals surface area contributed by atoms with E-state index >= 15 is 0 Å². The number of hydrogen-bond acceptors (Lipinski definition) is 4. The Kier molecular flexibility index (Phi) is 5.90. The van der Waals surface area contributed by atoms with Gasteiger partial charge in [0, 0.05) is 12.0 Å². The lowest BCUT2D eigenvalue weighted by Crippen LogP contribution is -2.41. The van der Waals surface area contributed by atoms with Gasteiger partial charge >= 0.3 is 11.9 Å². The summed E-state index contributed by atoms with van der Waals surface area (Å²) in [5.74, 6) is -2.15. The van der Waals surface area contributed by atoms with Crippen molar-refractivity contribution in [2.75, 3.05) is 7.11 Å². The number of ether oxygens (including phenoxy) is 1. The second-order valence-electron chi connectivity index (χ2n) is 4.75. The number of benzene rings is 1. The molecule has 0 heterocycles. The van der Waals surface area contributed by atoms with Crippen molar-refractivity contribution in [1.82, 2.24) is 5.32 Å². The summed E-state index contributed by atoms with van der Waals surface area (Å²) in [4.78, 5) is 34.5. The summed E-state index contributed by atoms with van der Waals surface area (Å²) in [5.41, 5.74) is 2.00. The minimum absolute atomic E-state index is 0.0152. The van der Waals surface area contributed by atoms with Crippen LogP contribution in [0.3, 0.4) is 0 Å². The van der Waals surface area contributed by atoms with Gasteiger partial charge in [0.1, 0.15) is 6.04 Å². The zero-order chi connectivity index (χ0) is 16.0. The number of rotatable bonds is 6. The highest BCUT2D eigenvalue weighted by atomic mass is 16.5. The number of carboxylic acids is 1. The van der Waals surface area contributed by atoms with E-state index in [1.54, 1.807) is 26.0 Å². The maximum atomic E-state index is 12.2. The maximum absolute atomic E-state index is 12.2. The molecule has 6 heteroatoms. The molecule has 0 fully saturated rings. The molecular formula is C15H19NO5. The van der Waals surface area contributed by atoms with Gasteiger partial charge in [0.05, 0.1) is 7.11 Å². The number of esters is 1. The standard InChI is InChI=1S/C15H19NO5/c1-9-5-4-6-10(2)13(9)14(18)16-11(15(19)20)7-8-12(17)21-3/h4-6,11H,7-8H2,1-3H3,(H,16,18)(H,19,20)/t11-/m0/s1. The number of nitrogens with one attached hydrogen (secondary N) is 1. The molecule has 1 atom stereocenters. The predicted octanol–water partition coefficient (Wildman–Crippen LogP) is 1.44. The summed E-state index contributed by atoms with van der Waals surface area (Å²) in [6, 6.07) is 4.27. The largest absolute Gasteiger partial charge is 0.480 e. The molecule has 0 unspecified atom stereocenters. The molecule has 1 aromatic rings. The molecule has 6 nitrogen and oxygen atoms in total. The molecule has 0 spiro atoms. The van der Waals surface area contributed by atoms with Crippen LogP contribution in [-0.4, -0.2) is 36.1 Å². The predicted molar refractivity (Wildman–Crippen MR) is 76.1 cm³/mol. The molecule has 0 bridgehead atoms. The van der Waals surface area contributed by atoms with Gasteiger partial charge in [0.15, 0.2) is 0 Å². The number of carboxylic acid groups (broad SMARTS) is 1. The van der Waals surface area contributed by atoms with E-state index in [4.69, 9.17) is 5.11 Å². The number of hydrogen-bond donors (Lipinski definition) is 2. The number of amides is 1. The molecule has 0 aliphatic carbocycles. The lowest BCUT2D eigenvalue weighted by atomic mass is 10.0. The summed E-state index contributed by atoms with van der Waals surface area (Å²) >= 11 is 0. The summed E-state index contributed by atoms with van der Waals surface area (Å²) in [5, 5.41) is 11.6. The first-order chi connectivity index (χ1) is 9.86. The zero-order valence-corrected chi connectivity index (χ0v) is 12.3. The topological polar surface area (TPSA) is 92.7 Å². The minimum Gasteiger partial charge on any atom is -0.480 e. The molecule has 114 valence electrons. The van der Waals surface area contributed by atoms with Gasteiger partial charge in [-0.25, -0.2) is 4.79 Å². The van der Waals surface area contributed by atoms with Crippen molar-refractivity contribution in [3.8, 4) is 0 Å². The number of aryl methyl sites for hydroxylation is 2. The third-order valence-electron chi connectivity index (χ3n) is 3.18. The van der Waals surface area contributed by atoms with E-state index < -0.39 is 23.9 Å². The molecule has 0 aromatic heterocycles. The Morgan fingerprint density at radius 1 is 1.24 bits per heavy atom. The molecule has 1 aromatic carbocycles. The normalized spacial score (nSPS) is 11.6. The van der Waals surface area contributed by atoms with Crippen molar-refractivity contribution in [2.24, 2.45) is 0 Å². The maximum Gasteiger partial charge on any atom is 0.326 e. The fourth-order valence-corrected chi connectivity index (χ4v) is 2.02. The summed E-state index contributed by atoms with van der Waals surface area (Å²) in [6.07, 6.45) is -0.0842. The van der Waals surface area contributed by atoms with E-state index in [-0.39, 0.29) is 12.8 Å². The van der Waals surface area contributed by atoms with Crippen LogP contribution in [0.1, 0.15) is 34.3 Å². The molecule has 1 amide bonds. The van der Waals surface area contributed by atoms with Crippen LogP contribution in [0, 0.1) is 13.8 Å². The second kappa shape index (κ2) is 7.42. The quantitative estimate of drug-likeness (QED) is 0.774. The summed E-state index contributed by atoms with van der Waals surface area (Å²) < 4.78 is 4.46. The highest BCUT2D eigenvalue weighted by Gasteiger charge is 2.23. The SMILES string of the molecule is COC(=O)CC[C@H](NC(=O)c1c(C)cccc1C)C(=O)O. The van der Waals surface area contributed by atoms with Crippen molar-refractivity contribution >= 4 is 17.8 Å². The molecule has 0 saturated heterocycles. The average molecular weight is 293 g/mol. The van der Waals surface area contributed by atoms with Gasteiger partial charge in [0.2, 0.25) is 0 Å². The first-order valence-corrected chi connectivity index (χ1v) is 6.53. The number of carbonyl (C=O) groups is 3. The van der Waals surface area contributed by atoms with Gasteiger partial charge in [-0.3, -0.25) is 9.59 Å². The smallest absolute Gasteiger partial charge is 0.326 e. The zero-order valence-electron chi connectivity index (χ0n) is 12.3. The van der Waals surface area contributed by atoms with E-state index in [1.165, 1.54) is 7.11 Å². The van der Waals surface area contributed by atoms with Crippen LogP contribution in [0.5, 0.6) is 0 Å². The van der Waals surface area contributed by atoms with Crippen LogP contribution < -0.4 is 5.32 Å². The monoisotopic (exact) mass is 293 g/mol. The minimum atomic E-state index is -1.18. The fraction of sp³-hybridized carbons (Fsp3) is 0.400. The van der Waals surface area contributed by atoms with E-state index in [0.717, 1.165) is 11.1 Å². The third kappa shape index (κ3) is 4.59. The number of aliphatic carboxylic acids is 1. The van der Waals surface area contributed by atoms with E-state index in [1.807, 2.05) is 6.07 Å². The Balaban J connectivity index is 2.82. The molecule has 0 radical (unpaired) electrons. The van der Waals surface area contributed by atoms with Gasteiger partial charge < -0.3 is 15.2 Å². The van der Waals surface area contributed by atoms with E-state index in [2.05, 4.69) is 10.1 Å². The Morgan fingerprint density at radius 3 is 2.29 bits per heavy atom. The Labute approximate surface area is 123 Å². The van der Waals surface area contributed by atoms with Crippen LogP contribution in [0.25, 0.3) is 0 Å². The lowest BCUT2D eigenvalue weighted by molar-refractivity contribution is -0.142. The molecule has 21 heavy (non-hydrogen) atoms. The highest BCUT2D eigenvalue weighted by molar-refractivity contribution is 5.99. The molecule has 0 saturated carbocycles. The third-order valence-corrected chi connectivity index (χ3v) is 3.18. The first-order valence-electron chi connectivity index (χ1n) is 6.53. The van der Waals surface area contributed by atoms with Gasteiger partial charge in [-0.15, -0.1) is 0 Å². The van der Waals surface area contributed by atoms with Crippen molar-refractivity contribution < 1.29 is 24.2 Å². The van der Waals surface area contributed by atoms with Crippen LogP contribution in [0.4, 0.5) is 0 Å². The van der Waals surface area contributed by atoms with Crippen LogP contribution in [0.15, 0.2) is 18.2 Å². The number of carbonyl (C=O) groups excluding carboxylic acids is 2. The number of methoxy groups -OCH3 is 1. The fourth-order valence-electron chi connectivity index (χ4n) is 2.02. The van der Waals surface area contributed by atoms with Gasteiger partial charge in [-0.1, -0.05) is 18.2 Å². The highest BCUT2D eigenvalue weighted by Crippen LogP contribution is 2.13. The van der Waals surface area contributed by atoms with E-state index in [0.29, 0.717) is 5.56 Å². The van der Waals surface area contributed by atoms with Gasteiger partial charge in [0.25, 0.3) is 5.91 Å². The Hall–Kier alpha value is -2.37. The van der Waals surface area contributed by atoms with Crippen molar-refractivity contribution in [2.45, 2.75) is 32.7 Å². The Bertz CT molecular complexity index is 533. The first kappa shape index (κ1) is 16.7. The second-order valence-corrected chi connectivity index (χ2v) is 4.75. The van der Waals surface area contributed by atoms with Crippen LogP contribution >= 0.6 is 0 Å². The lowest BCUT2D eigenvalue weighted by Gasteiger charge is -2.16. The Morgan fingerprint density at radius 2 is 1.81 bits per heavy atom. The van der Waals surface area contributed by atoms with Crippen molar-refractivity contribution in [3.63, 3.8) is 0 Å². The van der Waals surface area contributed by atoms with Crippen molar-refractivity contribution in [3.05, 3.63) is 34.9 Å². The molecule has 1 rings (SSSR count). The summed E-state index contributed by atoms with van der Waals surface area (Å²) in [6.45, 7) is 3.57. The molecule has 0 aliphatic rings. The summed E-state index contributed by atoms with van der Waals surface area (Å²) in [7, 11) is 1.23.